The zero-order valence-corrected chi connectivity index (χ0v) is 16.2. The fraction of sp³-hybridized carbons (Fsp3) is 0.200. The van der Waals surface area contributed by atoms with Crippen molar-refractivity contribution < 1.29 is 22.3 Å². The maximum atomic E-state index is 13.6. The van der Waals surface area contributed by atoms with E-state index in [9.17, 15) is 17.6 Å². The minimum atomic E-state index is -3.72. The molecule has 3 aromatic rings. The summed E-state index contributed by atoms with van der Waals surface area (Å²) in [5.41, 5.74) is 1.11. The van der Waals surface area contributed by atoms with Crippen LogP contribution in [0.5, 0.6) is 0 Å². The molecule has 4 rings (SSSR count). The molecule has 2 heterocycles. The van der Waals surface area contributed by atoms with Crippen LogP contribution in [0.3, 0.4) is 0 Å². The first-order valence-electron chi connectivity index (χ1n) is 8.99. The number of halogens is 1. The number of nitrogens with one attached hydrogen (secondary N) is 1. The Balaban J connectivity index is 1.62. The molecule has 1 aromatic heterocycles. The van der Waals surface area contributed by atoms with Crippen LogP contribution in [0, 0.1) is 5.82 Å². The number of ether oxygens (including phenoxy) is 1. The van der Waals surface area contributed by atoms with E-state index in [0.717, 1.165) is 0 Å². The molecule has 0 atom stereocenters. The van der Waals surface area contributed by atoms with Crippen LogP contribution in [0.15, 0.2) is 59.6 Å². The molecule has 0 spiro atoms. The van der Waals surface area contributed by atoms with Crippen LogP contribution in [-0.4, -0.2) is 49.9 Å². The van der Waals surface area contributed by atoms with Gasteiger partial charge in [0.25, 0.3) is 5.91 Å². The van der Waals surface area contributed by atoms with Crippen molar-refractivity contribution in [2.24, 2.45) is 0 Å². The zero-order chi connectivity index (χ0) is 20.4. The summed E-state index contributed by atoms with van der Waals surface area (Å²) in [6, 6.07) is 11.5. The Morgan fingerprint density at radius 1 is 1.10 bits per heavy atom. The molecule has 1 aliphatic rings. The molecule has 0 saturated carbocycles. The molecule has 1 aliphatic heterocycles. The monoisotopic (exact) mass is 415 g/mol. The van der Waals surface area contributed by atoms with Gasteiger partial charge in [-0.1, -0.05) is 6.07 Å². The van der Waals surface area contributed by atoms with E-state index in [1.807, 2.05) is 0 Å². The Morgan fingerprint density at radius 2 is 1.90 bits per heavy atom. The van der Waals surface area contributed by atoms with Gasteiger partial charge in [-0.3, -0.25) is 9.78 Å². The number of fused-ring (bicyclic) bond motifs is 1. The number of amides is 1. The third kappa shape index (κ3) is 3.98. The van der Waals surface area contributed by atoms with Crippen LogP contribution in [-0.2, 0) is 14.8 Å². The van der Waals surface area contributed by atoms with E-state index in [0.29, 0.717) is 29.8 Å². The number of carbonyl (C=O) groups is 1. The normalized spacial score (nSPS) is 15.3. The van der Waals surface area contributed by atoms with Gasteiger partial charge >= 0.3 is 0 Å². The summed E-state index contributed by atoms with van der Waals surface area (Å²) >= 11 is 0. The quantitative estimate of drug-likeness (QED) is 0.708. The van der Waals surface area contributed by atoms with E-state index < -0.39 is 21.7 Å². The molecule has 0 unspecified atom stereocenters. The number of carbonyl (C=O) groups excluding carboxylic acids is 1. The number of anilines is 1. The minimum absolute atomic E-state index is 0.0395. The highest BCUT2D eigenvalue weighted by molar-refractivity contribution is 7.89. The Hall–Kier alpha value is -2.88. The number of pyridine rings is 1. The minimum Gasteiger partial charge on any atom is -0.379 e. The van der Waals surface area contributed by atoms with Crippen molar-refractivity contribution in [2.45, 2.75) is 4.90 Å². The van der Waals surface area contributed by atoms with Gasteiger partial charge in [-0.25, -0.2) is 12.8 Å². The van der Waals surface area contributed by atoms with Crippen LogP contribution in [0.1, 0.15) is 10.4 Å². The molecule has 1 N–H and O–H groups in total. The van der Waals surface area contributed by atoms with Crippen LogP contribution >= 0.6 is 0 Å². The second-order valence-electron chi connectivity index (χ2n) is 6.52. The molecule has 29 heavy (non-hydrogen) atoms. The second kappa shape index (κ2) is 7.86. The van der Waals surface area contributed by atoms with E-state index in [1.54, 1.807) is 6.07 Å². The summed E-state index contributed by atoms with van der Waals surface area (Å²) in [7, 11) is -3.72. The lowest BCUT2D eigenvalue weighted by atomic mass is 10.1. The topological polar surface area (TPSA) is 88.6 Å². The fourth-order valence-electron chi connectivity index (χ4n) is 3.16. The molecule has 0 bridgehead atoms. The number of morpholine rings is 1. The highest BCUT2D eigenvalue weighted by Crippen LogP contribution is 2.24. The maximum Gasteiger partial charge on any atom is 0.255 e. The van der Waals surface area contributed by atoms with Crippen molar-refractivity contribution in [3.05, 3.63) is 66.1 Å². The van der Waals surface area contributed by atoms with E-state index in [-0.39, 0.29) is 23.5 Å². The number of benzene rings is 2. The lowest BCUT2D eigenvalue weighted by Gasteiger charge is -2.26. The van der Waals surface area contributed by atoms with E-state index in [2.05, 4.69) is 10.3 Å². The Kier molecular flexibility index (Phi) is 5.27. The van der Waals surface area contributed by atoms with Gasteiger partial charge in [0.2, 0.25) is 10.0 Å². The van der Waals surface area contributed by atoms with Gasteiger partial charge in [0.1, 0.15) is 5.82 Å². The van der Waals surface area contributed by atoms with E-state index in [4.69, 9.17) is 4.74 Å². The first-order valence-corrected chi connectivity index (χ1v) is 10.4. The van der Waals surface area contributed by atoms with Crippen molar-refractivity contribution in [2.75, 3.05) is 31.6 Å². The predicted octanol–water partition coefficient (Wildman–Crippen LogP) is 2.65. The summed E-state index contributed by atoms with van der Waals surface area (Å²) in [6.07, 6.45) is 1.51. The largest absolute Gasteiger partial charge is 0.379 e. The van der Waals surface area contributed by atoms with Gasteiger partial charge in [0.15, 0.2) is 0 Å². The molecule has 0 radical (unpaired) electrons. The second-order valence-corrected chi connectivity index (χ2v) is 8.46. The number of aromatic nitrogens is 1. The predicted molar refractivity (Wildman–Crippen MR) is 106 cm³/mol. The highest BCUT2D eigenvalue weighted by atomic mass is 32.2. The molecule has 1 amide bonds. The van der Waals surface area contributed by atoms with E-state index >= 15 is 0 Å². The van der Waals surface area contributed by atoms with Crippen molar-refractivity contribution in [1.82, 2.24) is 9.29 Å². The number of hydrogen-bond donors (Lipinski definition) is 1. The summed E-state index contributed by atoms with van der Waals surface area (Å²) in [6.45, 7) is 1.22. The summed E-state index contributed by atoms with van der Waals surface area (Å²) in [4.78, 5) is 16.9. The summed E-state index contributed by atoms with van der Waals surface area (Å²) < 4.78 is 45.8. The Bertz CT molecular complexity index is 1180. The molecule has 9 heteroatoms. The van der Waals surface area contributed by atoms with Gasteiger partial charge in [-0.2, -0.15) is 4.31 Å². The van der Waals surface area contributed by atoms with Crippen molar-refractivity contribution in [3.8, 4) is 0 Å². The summed E-state index contributed by atoms with van der Waals surface area (Å²) in [5.74, 6) is -0.944. The van der Waals surface area contributed by atoms with Crippen LogP contribution in [0.25, 0.3) is 10.9 Å². The van der Waals surface area contributed by atoms with Gasteiger partial charge in [-0.05, 0) is 42.5 Å². The SMILES string of the molecule is O=C(Nc1ccnc2ccc(F)cc12)c1cccc(S(=O)(=O)N2CCOCC2)c1. The molecule has 2 aromatic carbocycles. The molecule has 0 aliphatic carbocycles. The third-order valence-corrected chi connectivity index (χ3v) is 6.55. The summed E-state index contributed by atoms with van der Waals surface area (Å²) in [5, 5.41) is 3.17. The van der Waals surface area contributed by atoms with Gasteiger partial charge < -0.3 is 10.1 Å². The van der Waals surface area contributed by atoms with Gasteiger partial charge in [0, 0.05) is 30.2 Å². The van der Waals surface area contributed by atoms with Gasteiger partial charge in [0.05, 0.1) is 29.3 Å². The average molecular weight is 415 g/mol. The van der Waals surface area contributed by atoms with E-state index in [1.165, 1.54) is 53.0 Å². The van der Waals surface area contributed by atoms with Crippen LogP contribution in [0.2, 0.25) is 0 Å². The van der Waals surface area contributed by atoms with Gasteiger partial charge in [-0.15, -0.1) is 0 Å². The molecule has 1 fully saturated rings. The first-order chi connectivity index (χ1) is 13.9. The standard InChI is InChI=1S/C20H18FN3O4S/c21-15-4-5-18-17(13-15)19(6-7-22-18)23-20(25)14-2-1-3-16(12-14)29(26,27)24-8-10-28-11-9-24/h1-7,12-13H,8-11H2,(H,22,23,25). The van der Waals surface area contributed by atoms with Crippen molar-refractivity contribution >= 4 is 32.5 Å². The first kappa shape index (κ1) is 19.4. The van der Waals surface area contributed by atoms with Crippen LogP contribution < -0.4 is 5.32 Å². The number of sulfonamides is 1. The molecule has 1 saturated heterocycles. The Morgan fingerprint density at radius 3 is 2.69 bits per heavy atom. The van der Waals surface area contributed by atoms with Crippen LogP contribution in [0.4, 0.5) is 10.1 Å². The third-order valence-electron chi connectivity index (χ3n) is 4.66. The number of rotatable bonds is 4. The molecule has 7 nitrogen and oxygen atoms in total. The molecule has 150 valence electrons. The smallest absolute Gasteiger partial charge is 0.255 e. The Labute approximate surface area is 167 Å². The highest BCUT2D eigenvalue weighted by Gasteiger charge is 2.27. The number of hydrogen-bond acceptors (Lipinski definition) is 5. The van der Waals surface area contributed by atoms with Crippen molar-refractivity contribution in [3.63, 3.8) is 0 Å². The lowest BCUT2D eigenvalue weighted by Crippen LogP contribution is -2.40. The maximum absolute atomic E-state index is 13.6. The fourth-order valence-corrected chi connectivity index (χ4v) is 4.61. The zero-order valence-electron chi connectivity index (χ0n) is 15.3. The number of nitrogens with zero attached hydrogens (tertiary/aromatic N) is 2. The lowest BCUT2D eigenvalue weighted by molar-refractivity contribution is 0.0730. The van der Waals surface area contributed by atoms with Crippen molar-refractivity contribution in [1.29, 1.82) is 0 Å². The molecular weight excluding hydrogens is 397 g/mol. The average Bonchev–Trinajstić information content (AvgIpc) is 2.75. The molecular formula is C20H18FN3O4S.